The molecule has 0 nitrogen and oxygen atoms in total. The highest BCUT2D eigenvalue weighted by atomic mass is 14.2. The Balaban J connectivity index is 2.38. The van der Waals surface area contributed by atoms with Crippen molar-refractivity contribution in [3.8, 4) is 0 Å². The molecule has 0 fully saturated rings. The van der Waals surface area contributed by atoms with Crippen molar-refractivity contribution in [2.75, 3.05) is 0 Å². The number of hydrogen-bond acceptors (Lipinski definition) is 0. The predicted molar refractivity (Wildman–Crippen MR) is 61.3 cm³/mol. The summed E-state index contributed by atoms with van der Waals surface area (Å²) >= 11 is 0. The van der Waals surface area contributed by atoms with Crippen LogP contribution in [0.5, 0.6) is 0 Å². The van der Waals surface area contributed by atoms with Crippen LogP contribution < -0.4 is 0 Å². The van der Waals surface area contributed by atoms with Crippen molar-refractivity contribution in [3.05, 3.63) is 54.1 Å². The molecule has 0 spiro atoms. The zero-order chi connectivity index (χ0) is 9.54. The molecule has 2 aromatic rings. The summed E-state index contributed by atoms with van der Waals surface area (Å²) in [5.41, 5.74) is 4.14. The summed E-state index contributed by atoms with van der Waals surface area (Å²) in [6, 6.07) is 13.1. The van der Waals surface area contributed by atoms with Crippen LogP contribution in [0.15, 0.2) is 43.0 Å². The van der Waals surface area contributed by atoms with Crippen LogP contribution in [-0.4, -0.2) is 0 Å². The fourth-order valence-electron chi connectivity index (χ4n) is 2.24. The lowest BCUT2D eigenvalue weighted by atomic mass is 10.0. The van der Waals surface area contributed by atoms with Crippen LogP contribution >= 0.6 is 0 Å². The zero-order valence-electron chi connectivity index (χ0n) is 8.09. The molecule has 0 atom stereocenters. The molecule has 0 aliphatic heterocycles. The Kier molecular flexibility index (Phi) is 1.51. The number of hydrogen-bond donors (Lipinski definition) is 0. The molecule has 1 aliphatic rings. The van der Waals surface area contributed by atoms with Crippen molar-refractivity contribution >= 4 is 16.3 Å². The summed E-state index contributed by atoms with van der Waals surface area (Å²) in [6.45, 7) is 4.10. The van der Waals surface area contributed by atoms with Gasteiger partial charge in [-0.05, 0) is 46.4 Å². The Hall–Kier alpha value is -1.56. The third kappa shape index (κ3) is 1.00. The van der Waals surface area contributed by atoms with E-state index in [-0.39, 0.29) is 0 Å². The van der Waals surface area contributed by atoms with Crippen LogP contribution in [0.1, 0.15) is 17.5 Å². The molecule has 0 N–H and O–H groups in total. The van der Waals surface area contributed by atoms with E-state index in [4.69, 9.17) is 0 Å². The first kappa shape index (κ1) is 7.81. The third-order valence-corrected chi connectivity index (χ3v) is 3.05. The molecule has 14 heavy (non-hydrogen) atoms. The molecule has 0 aromatic heterocycles. The van der Waals surface area contributed by atoms with Gasteiger partial charge in [0.2, 0.25) is 0 Å². The molecule has 0 heterocycles. The molecule has 0 amide bonds. The number of fused-ring (bicyclic) bond motifs is 2. The lowest BCUT2D eigenvalue weighted by Gasteiger charge is -2.03. The number of benzene rings is 2. The van der Waals surface area contributed by atoms with Gasteiger partial charge in [-0.3, -0.25) is 0 Å². The summed E-state index contributed by atoms with van der Waals surface area (Å²) < 4.78 is 0. The van der Waals surface area contributed by atoms with E-state index in [0.717, 1.165) is 6.42 Å². The van der Waals surface area contributed by atoms with Gasteiger partial charge in [-0.15, -0.1) is 0 Å². The summed E-state index contributed by atoms with van der Waals surface area (Å²) in [4.78, 5) is 0. The molecular weight excluding hydrogens is 168 g/mol. The molecule has 0 unspecified atom stereocenters. The fraction of sp³-hybridized carbons (Fsp3) is 0.143. The number of allylic oxidation sites excluding steroid dienone is 1. The third-order valence-electron chi connectivity index (χ3n) is 3.05. The minimum absolute atomic E-state index is 1.13. The average molecular weight is 180 g/mol. The minimum atomic E-state index is 1.13. The standard InChI is InChI=1S/C14H12/c1-10-6-7-13-8-11-4-2-3-5-12(11)9-14(10)13/h2-5,8-9H,1,6-7H2. The van der Waals surface area contributed by atoms with Gasteiger partial charge in [0.1, 0.15) is 0 Å². The second-order valence-electron chi connectivity index (χ2n) is 3.96. The molecular formula is C14H12. The Morgan fingerprint density at radius 1 is 0.929 bits per heavy atom. The van der Waals surface area contributed by atoms with Crippen molar-refractivity contribution in [1.29, 1.82) is 0 Å². The topological polar surface area (TPSA) is 0 Å². The van der Waals surface area contributed by atoms with Crippen LogP contribution in [0.25, 0.3) is 16.3 Å². The highest BCUT2D eigenvalue weighted by molar-refractivity contribution is 5.88. The normalized spacial score (nSPS) is 14.7. The Bertz CT molecular complexity index is 521. The van der Waals surface area contributed by atoms with Crippen LogP contribution in [-0.2, 0) is 6.42 Å². The van der Waals surface area contributed by atoms with E-state index in [2.05, 4.69) is 43.0 Å². The van der Waals surface area contributed by atoms with Crippen LogP contribution in [0.4, 0.5) is 0 Å². The van der Waals surface area contributed by atoms with E-state index < -0.39 is 0 Å². The largest absolute Gasteiger partial charge is 0.0952 e. The molecule has 0 heteroatoms. The first-order valence-electron chi connectivity index (χ1n) is 5.04. The molecule has 68 valence electrons. The van der Waals surface area contributed by atoms with Crippen molar-refractivity contribution in [3.63, 3.8) is 0 Å². The van der Waals surface area contributed by atoms with Crippen molar-refractivity contribution < 1.29 is 0 Å². The molecule has 2 aromatic carbocycles. The maximum Gasteiger partial charge on any atom is -0.0178 e. The van der Waals surface area contributed by atoms with Gasteiger partial charge in [0.15, 0.2) is 0 Å². The Morgan fingerprint density at radius 3 is 2.43 bits per heavy atom. The van der Waals surface area contributed by atoms with Gasteiger partial charge in [-0.25, -0.2) is 0 Å². The fourth-order valence-corrected chi connectivity index (χ4v) is 2.24. The van der Waals surface area contributed by atoms with E-state index in [1.165, 1.54) is 33.9 Å². The van der Waals surface area contributed by atoms with E-state index in [1.807, 2.05) is 0 Å². The SMILES string of the molecule is C=C1CCc2cc3ccccc3cc21. The molecule has 1 aliphatic carbocycles. The van der Waals surface area contributed by atoms with Crippen molar-refractivity contribution in [2.45, 2.75) is 12.8 Å². The summed E-state index contributed by atoms with van der Waals surface area (Å²) in [7, 11) is 0. The quantitative estimate of drug-likeness (QED) is 0.578. The first-order chi connectivity index (χ1) is 6.84. The first-order valence-corrected chi connectivity index (χ1v) is 5.04. The second-order valence-corrected chi connectivity index (χ2v) is 3.96. The van der Waals surface area contributed by atoms with Gasteiger partial charge < -0.3 is 0 Å². The lowest BCUT2D eigenvalue weighted by molar-refractivity contribution is 1.08. The number of rotatable bonds is 0. The maximum absolute atomic E-state index is 4.10. The smallest absolute Gasteiger partial charge is 0.0178 e. The minimum Gasteiger partial charge on any atom is -0.0952 e. The lowest BCUT2D eigenvalue weighted by Crippen LogP contribution is -1.81. The predicted octanol–water partition coefficient (Wildman–Crippen LogP) is 3.80. The average Bonchev–Trinajstić information content (AvgIpc) is 2.57. The Morgan fingerprint density at radius 2 is 1.64 bits per heavy atom. The van der Waals surface area contributed by atoms with Gasteiger partial charge in [0, 0.05) is 0 Å². The zero-order valence-corrected chi connectivity index (χ0v) is 8.09. The van der Waals surface area contributed by atoms with Gasteiger partial charge in [0.25, 0.3) is 0 Å². The molecule has 0 bridgehead atoms. The van der Waals surface area contributed by atoms with E-state index >= 15 is 0 Å². The van der Waals surface area contributed by atoms with Crippen molar-refractivity contribution in [1.82, 2.24) is 0 Å². The molecule has 0 radical (unpaired) electrons. The highest BCUT2D eigenvalue weighted by Crippen LogP contribution is 2.33. The van der Waals surface area contributed by atoms with Gasteiger partial charge in [-0.1, -0.05) is 36.9 Å². The van der Waals surface area contributed by atoms with Gasteiger partial charge in [-0.2, -0.15) is 0 Å². The van der Waals surface area contributed by atoms with Crippen LogP contribution in [0.2, 0.25) is 0 Å². The van der Waals surface area contributed by atoms with Gasteiger partial charge in [0.05, 0.1) is 0 Å². The van der Waals surface area contributed by atoms with E-state index in [0.29, 0.717) is 0 Å². The molecule has 3 rings (SSSR count). The highest BCUT2D eigenvalue weighted by Gasteiger charge is 2.14. The van der Waals surface area contributed by atoms with Crippen LogP contribution in [0.3, 0.4) is 0 Å². The second kappa shape index (κ2) is 2.71. The summed E-state index contributed by atoms with van der Waals surface area (Å²) in [5.74, 6) is 0. The monoisotopic (exact) mass is 180 g/mol. The van der Waals surface area contributed by atoms with E-state index in [1.54, 1.807) is 0 Å². The molecule has 0 saturated carbocycles. The molecule has 0 saturated heterocycles. The Labute approximate surface area is 83.9 Å². The number of aryl methyl sites for hydroxylation is 1. The summed E-state index contributed by atoms with van der Waals surface area (Å²) in [5, 5.41) is 2.68. The van der Waals surface area contributed by atoms with Gasteiger partial charge >= 0.3 is 0 Å². The maximum atomic E-state index is 4.10. The van der Waals surface area contributed by atoms with Crippen molar-refractivity contribution in [2.24, 2.45) is 0 Å². The van der Waals surface area contributed by atoms with E-state index in [9.17, 15) is 0 Å². The van der Waals surface area contributed by atoms with Crippen LogP contribution in [0, 0.1) is 0 Å². The summed E-state index contributed by atoms with van der Waals surface area (Å²) in [6.07, 6.45) is 2.30.